The van der Waals surface area contributed by atoms with E-state index in [2.05, 4.69) is 25.2 Å². The SMILES string of the molecule is CCNC(c1ccc2c(c1)oc(=O)n2C)C1CC1C. The summed E-state index contributed by atoms with van der Waals surface area (Å²) in [7, 11) is 1.73. The van der Waals surface area contributed by atoms with Crippen molar-refractivity contribution in [1.29, 1.82) is 0 Å². The minimum absolute atomic E-state index is 0.299. The molecule has 1 aliphatic rings. The van der Waals surface area contributed by atoms with E-state index in [9.17, 15) is 4.79 Å². The van der Waals surface area contributed by atoms with Gasteiger partial charge >= 0.3 is 5.76 Å². The van der Waals surface area contributed by atoms with Crippen LogP contribution in [0.3, 0.4) is 0 Å². The summed E-state index contributed by atoms with van der Waals surface area (Å²) in [6, 6.07) is 6.47. The van der Waals surface area contributed by atoms with Crippen LogP contribution < -0.4 is 11.1 Å². The zero-order chi connectivity index (χ0) is 13.6. The molecule has 1 aliphatic carbocycles. The normalized spacial score (nSPS) is 23.7. The molecule has 0 amide bonds. The van der Waals surface area contributed by atoms with Crippen LogP contribution in [0.1, 0.15) is 31.9 Å². The average Bonchev–Trinajstić information content (AvgIpc) is 3.04. The van der Waals surface area contributed by atoms with Crippen LogP contribution in [0.15, 0.2) is 27.4 Å². The predicted octanol–water partition coefficient (Wildman–Crippen LogP) is 2.44. The second-order valence-electron chi connectivity index (χ2n) is 5.57. The summed E-state index contributed by atoms with van der Waals surface area (Å²) in [6.45, 7) is 5.36. The molecule has 4 nitrogen and oxygen atoms in total. The number of aromatic nitrogens is 1. The second-order valence-corrected chi connectivity index (χ2v) is 5.57. The molecule has 19 heavy (non-hydrogen) atoms. The molecule has 1 heterocycles. The molecule has 4 heteroatoms. The van der Waals surface area contributed by atoms with Gasteiger partial charge in [-0.3, -0.25) is 4.57 Å². The first-order valence-electron chi connectivity index (χ1n) is 6.94. The summed E-state index contributed by atoms with van der Waals surface area (Å²) in [5.41, 5.74) is 2.76. The summed E-state index contributed by atoms with van der Waals surface area (Å²) < 4.78 is 6.82. The smallest absolute Gasteiger partial charge is 0.408 e. The highest BCUT2D eigenvalue weighted by Gasteiger charge is 2.39. The van der Waals surface area contributed by atoms with E-state index in [1.807, 2.05) is 12.1 Å². The van der Waals surface area contributed by atoms with Crippen LogP contribution in [0.25, 0.3) is 11.1 Å². The van der Waals surface area contributed by atoms with E-state index in [0.717, 1.165) is 18.0 Å². The van der Waals surface area contributed by atoms with Crippen LogP contribution in [0.2, 0.25) is 0 Å². The third-order valence-corrected chi connectivity index (χ3v) is 4.20. The van der Waals surface area contributed by atoms with Gasteiger partial charge in [0.2, 0.25) is 0 Å². The first-order chi connectivity index (χ1) is 9.11. The van der Waals surface area contributed by atoms with Gasteiger partial charge in [-0.15, -0.1) is 0 Å². The van der Waals surface area contributed by atoms with E-state index in [1.54, 1.807) is 11.6 Å². The van der Waals surface area contributed by atoms with E-state index in [1.165, 1.54) is 12.0 Å². The van der Waals surface area contributed by atoms with Crippen molar-refractivity contribution in [3.8, 4) is 0 Å². The van der Waals surface area contributed by atoms with Crippen molar-refractivity contribution in [3.05, 3.63) is 34.3 Å². The van der Waals surface area contributed by atoms with Gasteiger partial charge in [0.05, 0.1) is 5.52 Å². The first kappa shape index (κ1) is 12.5. The zero-order valence-corrected chi connectivity index (χ0v) is 11.6. The zero-order valence-electron chi connectivity index (χ0n) is 11.6. The molecular weight excluding hydrogens is 240 g/mol. The molecule has 102 valence electrons. The van der Waals surface area contributed by atoms with Crippen LogP contribution in [-0.2, 0) is 7.05 Å². The van der Waals surface area contributed by atoms with Gasteiger partial charge in [0.15, 0.2) is 5.58 Å². The molecule has 1 aromatic carbocycles. The number of rotatable bonds is 4. The Bertz CT molecular complexity index is 656. The van der Waals surface area contributed by atoms with Crippen molar-refractivity contribution in [2.75, 3.05) is 6.54 Å². The number of fused-ring (bicyclic) bond motifs is 1. The Hall–Kier alpha value is -1.55. The van der Waals surface area contributed by atoms with E-state index in [0.29, 0.717) is 17.5 Å². The summed E-state index contributed by atoms with van der Waals surface area (Å²) in [6.07, 6.45) is 1.27. The quantitative estimate of drug-likeness (QED) is 0.918. The summed E-state index contributed by atoms with van der Waals surface area (Å²) in [5, 5.41) is 3.55. The summed E-state index contributed by atoms with van der Waals surface area (Å²) in [4.78, 5) is 11.5. The molecule has 0 aliphatic heterocycles. The highest BCUT2D eigenvalue weighted by atomic mass is 16.4. The number of hydrogen-bond donors (Lipinski definition) is 1. The van der Waals surface area contributed by atoms with Crippen molar-refractivity contribution < 1.29 is 4.42 Å². The highest BCUT2D eigenvalue weighted by Crippen LogP contribution is 2.47. The average molecular weight is 260 g/mol. The lowest BCUT2D eigenvalue weighted by molar-refractivity contribution is 0.474. The van der Waals surface area contributed by atoms with Crippen LogP contribution in [0, 0.1) is 11.8 Å². The second kappa shape index (κ2) is 4.53. The van der Waals surface area contributed by atoms with Gasteiger partial charge in [-0.2, -0.15) is 0 Å². The number of hydrogen-bond acceptors (Lipinski definition) is 3. The van der Waals surface area contributed by atoms with Gasteiger partial charge in [-0.25, -0.2) is 4.79 Å². The fraction of sp³-hybridized carbons (Fsp3) is 0.533. The lowest BCUT2D eigenvalue weighted by Gasteiger charge is -2.18. The Balaban J connectivity index is 2.01. The molecule has 3 unspecified atom stereocenters. The topological polar surface area (TPSA) is 47.2 Å². The minimum Gasteiger partial charge on any atom is -0.408 e. The van der Waals surface area contributed by atoms with E-state index >= 15 is 0 Å². The molecule has 3 atom stereocenters. The number of aryl methyl sites for hydroxylation is 1. The lowest BCUT2D eigenvalue weighted by atomic mass is 10.0. The van der Waals surface area contributed by atoms with Crippen LogP contribution in [0.4, 0.5) is 0 Å². The molecule has 1 fully saturated rings. The van der Waals surface area contributed by atoms with E-state index < -0.39 is 0 Å². The third kappa shape index (κ3) is 2.10. The molecular formula is C15H20N2O2. The van der Waals surface area contributed by atoms with E-state index in [4.69, 9.17) is 4.42 Å². The Kier molecular flexibility index (Phi) is 2.97. The van der Waals surface area contributed by atoms with Crippen LogP contribution >= 0.6 is 0 Å². The van der Waals surface area contributed by atoms with Crippen molar-refractivity contribution in [2.24, 2.45) is 18.9 Å². The molecule has 0 spiro atoms. The third-order valence-electron chi connectivity index (χ3n) is 4.20. The standard InChI is InChI=1S/C15H20N2O2/c1-4-16-14(11-7-9(11)2)10-5-6-12-13(8-10)19-15(18)17(12)3/h5-6,8-9,11,14,16H,4,7H2,1-3H3. The molecule has 1 saturated carbocycles. The molecule has 3 rings (SSSR count). The Morgan fingerprint density at radius 3 is 2.89 bits per heavy atom. The maximum atomic E-state index is 11.5. The van der Waals surface area contributed by atoms with Gasteiger partial charge < -0.3 is 9.73 Å². The van der Waals surface area contributed by atoms with Gasteiger partial charge in [0.25, 0.3) is 0 Å². The molecule has 0 saturated heterocycles. The largest absolute Gasteiger partial charge is 0.419 e. The van der Waals surface area contributed by atoms with Gasteiger partial charge in [-0.1, -0.05) is 19.9 Å². The van der Waals surface area contributed by atoms with Crippen LogP contribution in [0.5, 0.6) is 0 Å². The number of benzene rings is 1. The van der Waals surface area contributed by atoms with Gasteiger partial charge in [0.1, 0.15) is 0 Å². The highest BCUT2D eigenvalue weighted by molar-refractivity contribution is 5.73. The molecule has 1 aromatic heterocycles. The number of nitrogens with zero attached hydrogens (tertiary/aromatic N) is 1. The fourth-order valence-corrected chi connectivity index (χ4v) is 2.90. The summed E-state index contributed by atoms with van der Waals surface area (Å²) in [5.74, 6) is 1.18. The van der Waals surface area contributed by atoms with Crippen molar-refractivity contribution in [3.63, 3.8) is 0 Å². The lowest BCUT2D eigenvalue weighted by Crippen LogP contribution is -2.23. The Morgan fingerprint density at radius 2 is 2.26 bits per heavy atom. The van der Waals surface area contributed by atoms with Crippen molar-refractivity contribution in [1.82, 2.24) is 9.88 Å². The Morgan fingerprint density at radius 1 is 1.53 bits per heavy atom. The van der Waals surface area contributed by atoms with Crippen LogP contribution in [-0.4, -0.2) is 11.1 Å². The maximum Gasteiger partial charge on any atom is 0.419 e. The number of oxazole rings is 1. The number of nitrogens with one attached hydrogen (secondary N) is 1. The minimum atomic E-state index is -0.299. The van der Waals surface area contributed by atoms with Gasteiger partial charge in [0, 0.05) is 13.1 Å². The predicted molar refractivity (Wildman–Crippen MR) is 75.1 cm³/mol. The molecule has 0 bridgehead atoms. The summed E-state index contributed by atoms with van der Waals surface area (Å²) >= 11 is 0. The van der Waals surface area contributed by atoms with Crippen molar-refractivity contribution >= 4 is 11.1 Å². The first-order valence-corrected chi connectivity index (χ1v) is 6.94. The monoisotopic (exact) mass is 260 g/mol. The fourth-order valence-electron chi connectivity index (χ4n) is 2.90. The Labute approximate surface area is 112 Å². The maximum absolute atomic E-state index is 11.5. The molecule has 2 aromatic rings. The van der Waals surface area contributed by atoms with Gasteiger partial charge in [-0.05, 0) is 42.5 Å². The molecule has 0 radical (unpaired) electrons. The van der Waals surface area contributed by atoms with E-state index in [-0.39, 0.29) is 5.76 Å². The molecule has 1 N–H and O–H groups in total. The van der Waals surface area contributed by atoms with Crippen molar-refractivity contribution in [2.45, 2.75) is 26.3 Å².